The largest absolute Gasteiger partial charge is 0.478 e. The first-order valence-corrected chi connectivity index (χ1v) is 6.33. The predicted octanol–water partition coefficient (Wildman–Crippen LogP) is 3.36. The van der Waals surface area contributed by atoms with Crippen LogP contribution in [0.25, 0.3) is 0 Å². The fourth-order valence-electron chi connectivity index (χ4n) is 1.72. The summed E-state index contributed by atoms with van der Waals surface area (Å²) in [6.45, 7) is 0.431. The van der Waals surface area contributed by atoms with Gasteiger partial charge in [-0.1, -0.05) is 6.07 Å². The van der Waals surface area contributed by atoms with Crippen molar-refractivity contribution in [1.82, 2.24) is 0 Å². The van der Waals surface area contributed by atoms with Crippen LogP contribution in [0.4, 0.5) is 14.5 Å². The predicted molar refractivity (Wildman–Crippen MR) is 69.7 cm³/mol. The number of carboxylic acid groups (broad SMARTS) is 1. The molecule has 0 saturated carbocycles. The minimum Gasteiger partial charge on any atom is -0.478 e. The number of hydrogen-bond acceptors (Lipinski definition) is 3. The smallest absolute Gasteiger partial charge is 0.338 e. The zero-order valence-corrected chi connectivity index (χ0v) is 10.9. The molecule has 1 aromatic heterocycles. The molecule has 0 saturated heterocycles. The van der Waals surface area contributed by atoms with E-state index in [0.717, 1.165) is 10.9 Å². The molecule has 1 aromatic carbocycles. The molecule has 1 heterocycles. The first kappa shape index (κ1) is 13.5. The zero-order valence-electron chi connectivity index (χ0n) is 10.1. The van der Waals surface area contributed by atoms with Crippen LogP contribution < -0.4 is 4.90 Å². The Morgan fingerprint density at radius 3 is 2.63 bits per heavy atom. The van der Waals surface area contributed by atoms with Gasteiger partial charge in [-0.25, -0.2) is 13.6 Å². The van der Waals surface area contributed by atoms with Crippen LogP contribution in [0.1, 0.15) is 15.2 Å². The van der Waals surface area contributed by atoms with E-state index in [9.17, 15) is 13.6 Å². The van der Waals surface area contributed by atoms with Crippen LogP contribution >= 0.6 is 11.3 Å². The lowest BCUT2D eigenvalue weighted by atomic mass is 10.1. The second-order valence-electron chi connectivity index (χ2n) is 4.00. The molecule has 0 aliphatic rings. The second kappa shape index (κ2) is 5.36. The van der Waals surface area contributed by atoms with Crippen molar-refractivity contribution in [3.8, 4) is 0 Å². The number of carboxylic acids is 1. The van der Waals surface area contributed by atoms with Crippen molar-refractivity contribution >= 4 is 23.0 Å². The molecule has 0 amide bonds. The van der Waals surface area contributed by atoms with Gasteiger partial charge < -0.3 is 10.0 Å². The van der Waals surface area contributed by atoms with Gasteiger partial charge in [0.15, 0.2) is 11.6 Å². The molecule has 6 heteroatoms. The average molecular weight is 283 g/mol. The minimum absolute atomic E-state index is 0.0379. The highest BCUT2D eigenvalue weighted by Crippen LogP contribution is 2.25. The molecule has 0 atom stereocenters. The van der Waals surface area contributed by atoms with Crippen molar-refractivity contribution in [2.24, 2.45) is 0 Å². The molecule has 0 bridgehead atoms. The van der Waals surface area contributed by atoms with E-state index in [1.54, 1.807) is 7.05 Å². The maximum atomic E-state index is 13.8. The van der Waals surface area contributed by atoms with E-state index in [2.05, 4.69) is 0 Å². The van der Waals surface area contributed by atoms with Gasteiger partial charge in [-0.2, -0.15) is 0 Å². The van der Waals surface area contributed by atoms with Crippen molar-refractivity contribution in [2.75, 3.05) is 11.9 Å². The summed E-state index contributed by atoms with van der Waals surface area (Å²) < 4.78 is 27.4. The summed E-state index contributed by atoms with van der Waals surface area (Å²) >= 11 is 1.51. The Hall–Kier alpha value is -1.95. The summed E-state index contributed by atoms with van der Waals surface area (Å²) in [5.41, 5.74) is -0.623. The summed E-state index contributed by atoms with van der Waals surface area (Å²) in [5.74, 6) is -3.95. The molecule has 100 valence electrons. The number of halogens is 2. The summed E-state index contributed by atoms with van der Waals surface area (Å²) in [7, 11) is 1.62. The molecule has 0 fully saturated rings. The van der Waals surface area contributed by atoms with Crippen LogP contribution in [0.15, 0.2) is 29.6 Å². The maximum Gasteiger partial charge on any atom is 0.338 e. The van der Waals surface area contributed by atoms with Crippen molar-refractivity contribution in [2.45, 2.75) is 6.54 Å². The molecule has 0 aliphatic heterocycles. The Labute approximate surface area is 112 Å². The zero-order chi connectivity index (χ0) is 14.0. The van der Waals surface area contributed by atoms with Gasteiger partial charge in [0.05, 0.1) is 17.8 Å². The quantitative estimate of drug-likeness (QED) is 0.935. The van der Waals surface area contributed by atoms with E-state index in [4.69, 9.17) is 5.11 Å². The summed E-state index contributed by atoms with van der Waals surface area (Å²) in [6.07, 6.45) is 0. The number of carbonyl (C=O) groups is 1. The molecular weight excluding hydrogens is 272 g/mol. The van der Waals surface area contributed by atoms with Gasteiger partial charge in [0, 0.05) is 11.9 Å². The lowest BCUT2D eigenvalue weighted by Crippen LogP contribution is -2.18. The second-order valence-corrected chi connectivity index (χ2v) is 5.03. The fourth-order valence-corrected chi connectivity index (χ4v) is 2.48. The van der Waals surface area contributed by atoms with Crippen LogP contribution in [0.2, 0.25) is 0 Å². The van der Waals surface area contributed by atoms with Gasteiger partial charge in [-0.3, -0.25) is 0 Å². The Morgan fingerprint density at radius 2 is 2.05 bits per heavy atom. The van der Waals surface area contributed by atoms with Crippen molar-refractivity contribution in [3.05, 3.63) is 51.7 Å². The summed E-state index contributed by atoms with van der Waals surface area (Å²) in [5, 5.41) is 10.6. The van der Waals surface area contributed by atoms with Crippen LogP contribution in [0.3, 0.4) is 0 Å². The highest BCUT2D eigenvalue weighted by atomic mass is 32.1. The van der Waals surface area contributed by atoms with E-state index in [1.807, 2.05) is 17.5 Å². The van der Waals surface area contributed by atoms with Crippen LogP contribution in [0.5, 0.6) is 0 Å². The summed E-state index contributed by atoms with van der Waals surface area (Å²) in [4.78, 5) is 13.2. The SMILES string of the molecule is CN(Cc1cccs1)c1ccc(C(=O)O)c(F)c1F. The molecule has 0 unspecified atom stereocenters. The monoisotopic (exact) mass is 283 g/mol. The number of nitrogens with zero attached hydrogens (tertiary/aromatic N) is 1. The van der Waals surface area contributed by atoms with E-state index < -0.39 is 23.2 Å². The first-order chi connectivity index (χ1) is 9.00. The third kappa shape index (κ3) is 2.73. The number of aromatic carboxylic acids is 1. The lowest BCUT2D eigenvalue weighted by Gasteiger charge is -2.19. The lowest BCUT2D eigenvalue weighted by molar-refractivity contribution is 0.0690. The Kier molecular flexibility index (Phi) is 3.80. The molecule has 3 nitrogen and oxygen atoms in total. The Morgan fingerprint density at radius 1 is 1.32 bits per heavy atom. The number of hydrogen-bond donors (Lipinski definition) is 1. The van der Waals surface area contributed by atoms with Gasteiger partial charge >= 0.3 is 5.97 Å². The topological polar surface area (TPSA) is 40.5 Å². The number of anilines is 1. The average Bonchev–Trinajstić information content (AvgIpc) is 2.84. The molecular formula is C13H11F2NO2S. The molecule has 0 radical (unpaired) electrons. The van der Waals surface area contributed by atoms with Gasteiger partial charge in [0.2, 0.25) is 0 Å². The Balaban J connectivity index is 2.30. The van der Waals surface area contributed by atoms with Gasteiger partial charge in [-0.05, 0) is 23.6 Å². The van der Waals surface area contributed by atoms with Gasteiger partial charge in [-0.15, -0.1) is 11.3 Å². The van der Waals surface area contributed by atoms with E-state index in [1.165, 1.54) is 22.3 Å². The first-order valence-electron chi connectivity index (χ1n) is 5.45. The highest BCUT2D eigenvalue weighted by Gasteiger charge is 2.19. The molecule has 1 N–H and O–H groups in total. The fraction of sp³-hybridized carbons (Fsp3) is 0.154. The number of benzene rings is 1. The third-order valence-electron chi connectivity index (χ3n) is 2.68. The highest BCUT2D eigenvalue weighted by molar-refractivity contribution is 7.09. The molecule has 0 aliphatic carbocycles. The maximum absolute atomic E-state index is 13.8. The Bertz CT molecular complexity index is 599. The van der Waals surface area contributed by atoms with Gasteiger partial charge in [0.25, 0.3) is 0 Å². The molecule has 2 rings (SSSR count). The molecule has 19 heavy (non-hydrogen) atoms. The van der Waals surface area contributed by atoms with Crippen molar-refractivity contribution in [3.63, 3.8) is 0 Å². The summed E-state index contributed by atoms with van der Waals surface area (Å²) in [6, 6.07) is 6.11. The van der Waals surface area contributed by atoms with Crippen LogP contribution in [-0.2, 0) is 6.54 Å². The van der Waals surface area contributed by atoms with E-state index in [0.29, 0.717) is 6.54 Å². The number of thiophene rings is 1. The van der Waals surface area contributed by atoms with Crippen molar-refractivity contribution < 1.29 is 18.7 Å². The van der Waals surface area contributed by atoms with E-state index in [-0.39, 0.29) is 5.69 Å². The minimum atomic E-state index is -1.48. The van der Waals surface area contributed by atoms with Crippen LogP contribution in [-0.4, -0.2) is 18.1 Å². The van der Waals surface area contributed by atoms with Crippen molar-refractivity contribution in [1.29, 1.82) is 0 Å². The van der Waals surface area contributed by atoms with E-state index >= 15 is 0 Å². The normalized spacial score (nSPS) is 10.5. The standard InChI is InChI=1S/C13H11F2NO2S/c1-16(7-8-3-2-6-19-8)10-5-4-9(13(17)18)11(14)12(10)15/h2-6H,7H2,1H3,(H,17,18). The number of rotatable bonds is 4. The van der Waals surface area contributed by atoms with Gasteiger partial charge in [0.1, 0.15) is 0 Å². The van der Waals surface area contributed by atoms with Crippen LogP contribution in [0, 0.1) is 11.6 Å². The third-order valence-corrected chi connectivity index (χ3v) is 3.54. The molecule has 2 aromatic rings. The molecule has 0 spiro atoms.